The SMILES string of the molecule is CC/C=C\C/C=C\C/C=C\C/C=C\C/C=C\C/C=C\CCCCCCC(=O)OCC(COC(=O)CCCCCCC/C=C\C/C=C\CCCCC)OC(=O)CCCCCCC/C=C\C/C=C\CCCCC. The third-order valence-electron chi connectivity index (χ3n) is 11.9. The van der Waals surface area contributed by atoms with Crippen molar-refractivity contribution in [2.24, 2.45) is 0 Å². The fourth-order valence-electron chi connectivity index (χ4n) is 7.56. The lowest BCUT2D eigenvalue weighted by Crippen LogP contribution is -2.30. The maximum Gasteiger partial charge on any atom is 0.306 e. The van der Waals surface area contributed by atoms with Crippen molar-refractivity contribution in [1.82, 2.24) is 0 Å². The Morgan fingerprint density at radius 1 is 0.296 bits per heavy atom. The quantitative estimate of drug-likeness (QED) is 0.0261. The minimum absolute atomic E-state index is 0.102. The van der Waals surface area contributed by atoms with E-state index >= 15 is 0 Å². The minimum Gasteiger partial charge on any atom is -0.462 e. The molecule has 0 saturated heterocycles. The van der Waals surface area contributed by atoms with Crippen LogP contribution in [-0.2, 0) is 28.6 Å². The summed E-state index contributed by atoms with van der Waals surface area (Å²) in [5, 5.41) is 0. The molecule has 0 aliphatic heterocycles. The predicted octanol–water partition coefficient (Wildman–Crippen LogP) is 19.6. The van der Waals surface area contributed by atoms with E-state index in [-0.39, 0.29) is 31.1 Å². The lowest BCUT2D eigenvalue weighted by molar-refractivity contribution is -0.167. The molecule has 0 spiro atoms. The first-order valence-corrected chi connectivity index (χ1v) is 29.0. The van der Waals surface area contributed by atoms with E-state index in [0.717, 1.165) is 161 Å². The largest absolute Gasteiger partial charge is 0.462 e. The summed E-state index contributed by atoms with van der Waals surface area (Å²) < 4.78 is 16.8. The van der Waals surface area contributed by atoms with Crippen LogP contribution in [0.1, 0.15) is 252 Å². The molecule has 0 saturated carbocycles. The van der Waals surface area contributed by atoms with Crippen LogP contribution in [0, 0.1) is 0 Å². The number of ether oxygens (including phenoxy) is 3. The fourth-order valence-corrected chi connectivity index (χ4v) is 7.56. The Morgan fingerprint density at radius 3 is 0.859 bits per heavy atom. The van der Waals surface area contributed by atoms with Crippen LogP contribution in [0.2, 0.25) is 0 Å². The first kappa shape index (κ1) is 66.8. The van der Waals surface area contributed by atoms with Crippen LogP contribution in [0.4, 0.5) is 0 Å². The van der Waals surface area contributed by atoms with Gasteiger partial charge in [0, 0.05) is 19.3 Å². The standard InChI is InChI=1S/C65H106O6/c1-4-7-10-13-16-19-22-25-28-29-30-31-32-33-34-35-38-40-43-46-49-52-55-58-64(67)70-61-62(71-65(68)59-56-53-50-47-44-41-37-27-24-21-18-15-12-9-6-3)60-69-63(66)57-54-51-48-45-42-39-36-26-23-20-17-14-11-8-5-2/h7,10,16-21,25-28,30-31,33-34,36-38,40,62H,4-6,8-9,11-15,22-24,29,32,35,39,41-61H2,1-3H3/b10-7-,19-16-,20-17-,21-18-,28-25-,31-30-,34-33-,36-26-,37-27-,40-38-. The van der Waals surface area contributed by atoms with Gasteiger partial charge in [0.05, 0.1) is 0 Å². The van der Waals surface area contributed by atoms with E-state index in [1.54, 1.807) is 0 Å². The smallest absolute Gasteiger partial charge is 0.306 e. The number of esters is 3. The van der Waals surface area contributed by atoms with E-state index in [1.807, 2.05) is 0 Å². The van der Waals surface area contributed by atoms with Crippen LogP contribution in [-0.4, -0.2) is 37.2 Å². The van der Waals surface area contributed by atoms with Crippen molar-refractivity contribution in [1.29, 1.82) is 0 Å². The van der Waals surface area contributed by atoms with Gasteiger partial charge in [0.1, 0.15) is 13.2 Å². The molecule has 0 aromatic heterocycles. The Hall–Kier alpha value is -4.19. The molecular formula is C65H106O6. The maximum atomic E-state index is 12.9. The zero-order valence-corrected chi connectivity index (χ0v) is 45.9. The number of hydrogen-bond acceptors (Lipinski definition) is 6. The monoisotopic (exact) mass is 983 g/mol. The Morgan fingerprint density at radius 2 is 0.549 bits per heavy atom. The molecule has 0 aromatic rings. The molecule has 0 N–H and O–H groups in total. The van der Waals surface area contributed by atoms with E-state index in [4.69, 9.17) is 14.2 Å². The Labute approximate surface area is 437 Å². The van der Waals surface area contributed by atoms with Crippen molar-refractivity contribution in [3.8, 4) is 0 Å². The molecule has 0 aliphatic rings. The molecule has 0 bridgehead atoms. The minimum atomic E-state index is -0.806. The molecule has 0 rings (SSSR count). The molecule has 6 nitrogen and oxygen atoms in total. The number of carbonyl (C=O) groups is 3. The lowest BCUT2D eigenvalue weighted by atomic mass is 10.1. The Balaban J connectivity index is 4.47. The predicted molar refractivity (Wildman–Crippen MR) is 306 cm³/mol. The van der Waals surface area contributed by atoms with Gasteiger partial charge in [0.15, 0.2) is 6.10 Å². The zero-order chi connectivity index (χ0) is 51.4. The van der Waals surface area contributed by atoms with Crippen molar-refractivity contribution < 1.29 is 28.6 Å². The summed E-state index contributed by atoms with van der Waals surface area (Å²) in [6, 6.07) is 0. The average Bonchev–Trinajstić information content (AvgIpc) is 3.37. The van der Waals surface area contributed by atoms with Crippen LogP contribution in [0.5, 0.6) is 0 Å². The van der Waals surface area contributed by atoms with Crippen molar-refractivity contribution in [2.75, 3.05) is 13.2 Å². The summed E-state index contributed by atoms with van der Waals surface area (Å²) in [4.78, 5) is 38.2. The number of unbranched alkanes of at least 4 members (excludes halogenated alkanes) is 20. The first-order chi connectivity index (χ1) is 35.0. The van der Waals surface area contributed by atoms with E-state index in [9.17, 15) is 14.4 Å². The van der Waals surface area contributed by atoms with Crippen LogP contribution in [0.25, 0.3) is 0 Å². The molecule has 0 aromatic carbocycles. The molecule has 71 heavy (non-hydrogen) atoms. The van der Waals surface area contributed by atoms with Crippen molar-refractivity contribution in [3.05, 3.63) is 122 Å². The van der Waals surface area contributed by atoms with Crippen molar-refractivity contribution in [2.45, 2.75) is 258 Å². The summed E-state index contributed by atoms with van der Waals surface area (Å²) in [7, 11) is 0. The van der Waals surface area contributed by atoms with Gasteiger partial charge in [0.25, 0.3) is 0 Å². The van der Waals surface area contributed by atoms with Gasteiger partial charge < -0.3 is 14.2 Å². The van der Waals surface area contributed by atoms with E-state index in [1.165, 1.54) is 51.4 Å². The number of rotatable bonds is 51. The summed E-state index contributed by atoms with van der Waals surface area (Å²) in [6.45, 7) is 6.42. The van der Waals surface area contributed by atoms with E-state index < -0.39 is 6.10 Å². The Bertz CT molecular complexity index is 1500. The number of allylic oxidation sites excluding steroid dienone is 20. The molecular weight excluding hydrogens is 877 g/mol. The van der Waals surface area contributed by atoms with Crippen LogP contribution in [0.3, 0.4) is 0 Å². The lowest BCUT2D eigenvalue weighted by Gasteiger charge is -2.18. The molecule has 402 valence electrons. The van der Waals surface area contributed by atoms with Gasteiger partial charge >= 0.3 is 17.9 Å². The van der Waals surface area contributed by atoms with Gasteiger partial charge in [-0.1, -0.05) is 219 Å². The van der Waals surface area contributed by atoms with Crippen LogP contribution in [0.15, 0.2) is 122 Å². The van der Waals surface area contributed by atoms with Gasteiger partial charge in [-0.05, 0) is 135 Å². The van der Waals surface area contributed by atoms with Crippen molar-refractivity contribution >= 4 is 17.9 Å². The molecule has 0 fully saturated rings. The molecule has 0 aliphatic carbocycles. The molecule has 6 heteroatoms. The highest BCUT2D eigenvalue weighted by molar-refractivity contribution is 5.71. The second kappa shape index (κ2) is 58.4. The van der Waals surface area contributed by atoms with Gasteiger partial charge in [-0.15, -0.1) is 0 Å². The normalized spacial score (nSPS) is 13.0. The van der Waals surface area contributed by atoms with Gasteiger partial charge in [0.2, 0.25) is 0 Å². The second-order valence-electron chi connectivity index (χ2n) is 18.8. The van der Waals surface area contributed by atoms with Crippen LogP contribution >= 0.6 is 0 Å². The topological polar surface area (TPSA) is 78.9 Å². The Kier molecular flexibility index (Phi) is 54.9. The number of hydrogen-bond donors (Lipinski definition) is 0. The first-order valence-electron chi connectivity index (χ1n) is 29.0. The van der Waals surface area contributed by atoms with Gasteiger partial charge in [-0.3, -0.25) is 14.4 Å². The van der Waals surface area contributed by atoms with Gasteiger partial charge in [-0.25, -0.2) is 0 Å². The highest BCUT2D eigenvalue weighted by atomic mass is 16.6. The summed E-state index contributed by atoms with van der Waals surface area (Å²) in [6.07, 6.45) is 80.4. The third-order valence-corrected chi connectivity index (χ3v) is 11.9. The third kappa shape index (κ3) is 56.6. The van der Waals surface area contributed by atoms with Crippen LogP contribution < -0.4 is 0 Å². The summed E-state index contributed by atoms with van der Waals surface area (Å²) in [5.74, 6) is -0.956. The highest BCUT2D eigenvalue weighted by Crippen LogP contribution is 2.13. The molecule has 0 amide bonds. The molecule has 1 unspecified atom stereocenters. The molecule has 1 atom stereocenters. The molecule has 0 heterocycles. The number of carbonyl (C=O) groups excluding carboxylic acids is 3. The average molecular weight is 984 g/mol. The molecule has 0 radical (unpaired) electrons. The van der Waals surface area contributed by atoms with E-state index in [0.29, 0.717) is 19.3 Å². The fraction of sp³-hybridized carbons (Fsp3) is 0.646. The van der Waals surface area contributed by atoms with Crippen molar-refractivity contribution in [3.63, 3.8) is 0 Å². The highest BCUT2D eigenvalue weighted by Gasteiger charge is 2.19. The zero-order valence-electron chi connectivity index (χ0n) is 45.9. The van der Waals surface area contributed by atoms with Gasteiger partial charge in [-0.2, -0.15) is 0 Å². The second-order valence-corrected chi connectivity index (χ2v) is 18.8. The maximum absolute atomic E-state index is 12.9. The van der Waals surface area contributed by atoms with E-state index in [2.05, 4.69) is 142 Å². The summed E-state index contributed by atoms with van der Waals surface area (Å²) in [5.41, 5.74) is 0. The summed E-state index contributed by atoms with van der Waals surface area (Å²) >= 11 is 0.